The summed E-state index contributed by atoms with van der Waals surface area (Å²) in [6.07, 6.45) is 0. The fraction of sp³-hybridized carbons (Fsp3) is 0.0952. The van der Waals surface area contributed by atoms with Crippen molar-refractivity contribution < 1.29 is 19.1 Å². The highest BCUT2D eigenvalue weighted by Gasteiger charge is 2.13. The zero-order valence-corrected chi connectivity index (χ0v) is 14.7. The molecule has 2 aromatic carbocycles. The van der Waals surface area contributed by atoms with Gasteiger partial charge in [-0.05, 0) is 35.9 Å². The minimum atomic E-state index is -0.531. The Hall–Kier alpha value is -3.67. The van der Waals surface area contributed by atoms with Gasteiger partial charge in [0.15, 0.2) is 0 Å². The molecule has 0 saturated carbocycles. The van der Waals surface area contributed by atoms with Gasteiger partial charge in [0.05, 0.1) is 18.4 Å². The first kappa shape index (κ1) is 18.1. The molecule has 136 valence electrons. The smallest absolute Gasteiger partial charge is 0.356 e. The molecule has 0 amide bonds. The number of esters is 2. The van der Waals surface area contributed by atoms with E-state index in [4.69, 9.17) is 10.5 Å². The second-order valence-corrected chi connectivity index (χ2v) is 5.76. The molecule has 0 bridgehead atoms. The average Bonchev–Trinajstić information content (AvgIpc) is 2.72. The third kappa shape index (κ3) is 4.30. The normalized spacial score (nSPS) is 10.3. The van der Waals surface area contributed by atoms with Crippen molar-refractivity contribution in [3.05, 3.63) is 83.6 Å². The highest BCUT2D eigenvalue weighted by Crippen LogP contribution is 2.26. The Kier molecular flexibility index (Phi) is 5.47. The zero-order chi connectivity index (χ0) is 19.2. The molecule has 3 aromatic rings. The van der Waals surface area contributed by atoms with E-state index in [2.05, 4.69) is 9.72 Å². The maximum absolute atomic E-state index is 12.2. The number of hydrogen-bond donors (Lipinski definition) is 1. The molecule has 3 rings (SSSR count). The van der Waals surface area contributed by atoms with Crippen molar-refractivity contribution in [3.8, 4) is 11.3 Å². The summed E-state index contributed by atoms with van der Waals surface area (Å²) in [7, 11) is 1.29. The SMILES string of the molecule is COC(=O)c1cccc(-c2ccc(C(=O)OCc3ccccc3)cc2N)n1. The molecule has 0 aliphatic rings. The van der Waals surface area contributed by atoms with Crippen LogP contribution in [0.15, 0.2) is 66.7 Å². The highest BCUT2D eigenvalue weighted by molar-refractivity contribution is 5.93. The lowest BCUT2D eigenvalue weighted by Crippen LogP contribution is -2.07. The van der Waals surface area contributed by atoms with Crippen molar-refractivity contribution in [3.63, 3.8) is 0 Å². The summed E-state index contributed by atoms with van der Waals surface area (Å²) in [4.78, 5) is 28.1. The van der Waals surface area contributed by atoms with Crippen molar-refractivity contribution in [2.45, 2.75) is 6.61 Å². The third-order valence-electron chi connectivity index (χ3n) is 3.92. The number of nitrogens with two attached hydrogens (primary N) is 1. The van der Waals surface area contributed by atoms with Crippen LogP contribution in [0.3, 0.4) is 0 Å². The Morgan fingerprint density at radius 1 is 0.963 bits per heavy atom. The second-order valence-electron chi connectivity index (χ2n) is 5.76. The lowest BCUT2D eigenvalue weighted by molar-refractivity contribution is 0.0472. The molecule has 0 aliphatic carbocycles. The lowest BCUT2D eigenvalue weighted by atomic mass is 10.1. The Balaban J connectivity index is 1.77. The molecule has 0 aliphatic heterocycles. The molecule has 0 fully saturated rings. The lowest BCUT2D eigenvalue weighted by Gasteiger charge is -2.09. The van der Waals surface area contributed by atoms with Crippen molar-refractivity contribution >= 4 is 17.6 Å². The van der Waals surface area contributed by atoms with E-state index in [1.54, 1.807) is 30.3 Å². The summed E-state index contributed by atoms with van der Waals surface area (Å²) >= 11 is 0. The monoisotopic (exact) mass is 362 g/mol. The minimum absolute atomic E-state index is 0.181. The van der Waals surface area contributed by atoms with Crippen LogP contribution in [-0.2, 0) is 16.1 Å². The van der Waals surface area contributed by atoms with Crippen molar-refractivity contribution in [2.24, 2.45) is 0 Å². The van der Waals surface area contributed by atoms with Crippen LogP contribution in [0, 0.1) is 0 Å². The maximum Gasteiger partial charge on any atom is 0.356 e. The van der Waals surface area contributed by atoms with Crippen LogP contribution in [0.4, 0.5) is 5.69 Å². The van der Waals surface area contributed by atoms with E-state index in [0.717, 1.165) is 5.56 Å². The van der Waals surface area contributed by atoms with Gasteiger partial charge in [-0.2, -0.15) is 0 Å². The fourth-order valence-electron chi connectivity index (χ4n) is 2.53. The van der Waals surface area contributed by atoms with E-state index < -0.39 is 11.9 Å². The number of pyridine rings is 1. The van der Waals surface area contributed by atoms with E-state index in [1.165, 1.54) is 13.2 Å². The number of nitrogen functional groups attached to an aromatic ring is 1. The number of nitrogens with zero attached hydrogens (tertiary/aromatic N) is 1. The number of carbonyl (C=O) groups is 2. The van der Waals surface area contributed by atoms with Crippen LogP contribution in [0.1, 0.15) is 26.4 Å². The predicted molar refractivity (Wildman–Crippen MR) is 101 cm³/mol. The highest BCUT2D eigenvalue weighted by atomic mass is 16.5. The molecular weight excluding hydrogens is 344 g/mol. The Morgan fingerprint density at radius 2 is 1.74 bits per heavy atom. The molecule has 27 heavy (non-hydrogen) atoms. The Bertz CT molecular complexity index is 971. The largest absolute Gasteiger partial charge is 0.464 e. The van der Waals surface area contributed by atoms with E-state index in [1.807, 2.05) is 30.3 Å². The van der Waals surface area contributed by atoms with Gasteiger partial charge in [0.1, 0.15) is 12.3 Å². The van der Waals surface area contributed by atoms with Crippen LogP contribution < -0.4 is 5.73 Å². The van der Waals surface area contributed by atoms with Gasteiger partial charge in [0.25, 0.3) is 0 Å². The van der Waals surface area contributed by atoms with Gasteiger partial charge >= 0.3 is 11.9 Å². The number of aromatic nitrogens is 1. The van der Waals surface area contributed by atoms with E-state index in [9.17, 15) is 9.59 Å². The second kappa shape index (κ2) is 8.14. The van der Waals surface area contributed by atoms with Crippen molar-refractivity contribution in [2.75, 3.05) is 12.8 Å². The molecular formula is C21H18N2O4. The molecule has 1 heterocycles. The molecule has 1 aromatic heterocycles. The summed E-state index contributed by atoms with van der Waals surface area (Å²) in [6.45, 7) is 0.185. The topological polar surface area (TPSA) is 91.5 Å². The first-order valence-corrected chi connectivity index (χ1v) is 8.25. The minimum Gasteiger partial charge on any atom is -0.464 e. The number of carbonyl (C=O) groups excluding carboxylic acids is 2. The number of anilines is 1. The van der Waals surface area contributed by atoms with Crippen LogP contribution in [0.2, 0.25) is 0 Å². The Labute approximate surface area is 156 Å². The quantitative estimate of drug-likeness (QED) is 0.552. The molecule has 0 spiro atoms. The van der Waals surface area contributed by atoms with Crippen molar-refractivity contribution in [1.82, 2.24) is 4.98 Å². The van der Waals surface area contributed by atoms with Crippen LogP contribution >= 0.6 is 0 Å². The fourth-order valence-corrected chi connectivity index (χ4v) is 2.53. The van der Waals surface area contributed by atoms with Gasteiger partial charge in [-0.1, -0.05) is 36.4 Å². The van der Waals surface area contributed by atoms with Gasteiger partial charge in [-0.15, -0.1) is 0 Å². The molecule has 0 atom stereocenters. The molecule has 2 N–H and O–H groups in total. The summed E-state index contributed by atoms with van der Waals surface area (Å²) < 4.78 is 9.99. The summed E-state index contributed by atoms with van der Waals surface area (Å²) in [5, 5.41) is 0. The van der Waals surface area contributed by atoms with Gasteiger partial charge < -0.3 is 15.2 Å². The number of benzene rings is 2. The number of methoxy groups -OCH3 is 1. The van der Waals surface area contributed by atoms with Gasteiger partial charge in [0, 0.05) is 11.3 Å². The van der Waals surface area contributed by atoms with Crippen LogP contribution in [0.5, 0.6) is 0 Å². The van der Waals surface area contributed by atoms with Crippen LogP contribution in [-0.4, -0.2) is 24.0 Å². The van der Waals surface area contributed by atoms with Gasteiger partial charge in [-0.3, -0.25) is 0 Å². The average molecular weight is 362 g/mol. The standard InChI is InChI=1S/C21H18N2O4/c1-26-21(25)19-9-5-8-18(23-19)16-11-10-15(12-17(16)22)20(24)27-13-14-6-3-2-4-7-14/h2-12H,13,22H2,1H3. The number of hydrogen-bond acceptors (Lipinski definition) is 6. The summed E-state index contributed by atoms with van der Waals surface area (Å²) in [5.41, 5.74) is 9.01. The van der Waals surface area contributed by atoms with Crippen LogP contribution in [0.25, 0.3) is 11.3 Å². The maximum atomic E-state index is 12.2. The molecule has 6 nitrogen and oxygen atoms in total. The third-order valence-corrected chi connectivity index (χ3v) is 3.92. The molecule has 0 unspecified atom stereocenters. The van der Waals surface area contributed by atoms with E-state index >= 15 is 0 Å². The molecule has 0 saturated heterocycles. The van der Waals surface area contributed by atoms with Crippen molar-refractivity contribution in [1.29, 1.82) is 0 Å². The predicted octanol–water partition coefficient (Wildman–Crippen LogP) is 3.47. The zero-order valence-electron chi connectivity index (χ0n) is 14.7. The first-order valence-electron chi connectivity index (χ1n) is 8.25. The molecule has 6 heteroatoms. The number of rotatable bonds is 5. The van der Waals surface area contributed by atoms with Gasteiger partial charge in [0.2, 0.25) is 0 Å². The molecule has 0 radical (unpaired) electrons. The Morgan fingerprint density at radius 3 is 2.44 bits per heavy atom. The van der Waals surface area contributed by atoms with E-state index in [-0.39, 0.29) is 12.3 Å². The number of ether oxygens (including phenoxy) is 2. The van der Waals surface area contributed by atoms with Gasteiger partial charge in [-0.25, -0.2) is 14.6 Å². The first-order chi connectivity index (χ1) is 13.1. The summed E-state index contributed by atoms with van der Waals surface area (Å²) in [5.74, 6) is -0.995. The van der Waals surface area contributed by atoms with E-state index in [0.29, 0.717) is 22.5 Å². The summed E-state index contributed by atoms with van der Waals surface area (Å²) in [6, 6.07) is 19.2.